The summed E-state index contributed by atoms with van der Waals surface area (Å²) in [4.78, 5) is 7.62. The van der Waals surface area contributed by atoms with Crippen LogP contribution in [0.1, 0.15) is 12.8 Å². The minimum Gasteiger partial charge on any atom is -0.468 e. The van der Waals surface area contributed by atoms with E-state index in [9.17, 15) is 22.0 Å². The van der Waals surface area contributed by atoms with Crippen LogP contribution in [0.3, 0.4) is 0 Å². The van der Waals surface area contributed by atoms with Gasteiger partial charge in [0.2, 0.25) is 11.7 Å². The fourth-order valence-electron chi connectivity index (χ4n) is 2.12. The van der Waals surface area contributed by atoms with Crippen molar-refractivity contribution >= 4 is 5.84 Å². The smallest absolute Gasteiger partial charge is 0.422 e. The monoisotopic (exact) mass is 403 g/mol. The quantitative estimate of drug-likeness (QED) is 0.440. The summed E-state index contributed by atoms with van der Waals surface area (Å²) in [6.07, 6.45) is -4.90. The summed E-state index contributed by atoms with van der Waals surface area (Å²) in [5.41, 5.74) is -0.115. The average molecular weight is 403 g/mol. The second kappa shape index (κ2) is 7.26. The Bertz CT molecular complexity index is 922. The van der Waals surface area contributed by atoms with Crippen molar-refractivity contribution in [3.8, 4) is 17.1 Å². The van der Waals surface area contributed by atoms with Gasteiger partial charge in [0.15, 0.2) is 6.61 Å². The molecule has 0 unspecified atom stereocenters. The Morgan fingerprint density at radius 2 is 1.86 bits per heavy atom. The molecule has 0 aliphatic heterocycles. The summed E-state index contributed by atoms with van der Waals surface area (Å²) in [6, 6.07) is 2.50. The predicted molar refractivity (Wildman–Crippen MR) is 85.0 cm³/mol. The maximum atomic E-state index is 14.0. The number of rotatable bonds is 6. The van der Waals surface area contributed by atoms with Gasteiger partial charge >= 0.3 is 12.3 Å². The highest BCUT2D eigenvalue weighted by Gasteiger charge is 2.43. The van der Waals surface area contributed by atoms with E-state index >= 15 is 0 Å². The Kier molecular flexibility index (Phi) is 5.15. The van der Waals surface area contributed by atoms with Crippen LogP contribution in [0.5, 0.6) is 5.88 Å². The molecule has 1 aliphatic carbocycles. The minimum atomic E-state index is -4.51. The Balaban J connectivity index is 1.81. The molecule has 7 nitrogen and oxygen atoms in total. The average Bonchev–Trinajstić information content (AvgIpc) is 3.43. The molecule has 150 valence electrons. The van der Waals surface area contributed by atoms with Gasteiger partial charge in [-0.2, -0.15) is 22.0 Å². The van der Waals surface area contributed by atoms with E-state index < -0.39 is 36.3 Å². The van der Waals surface area contributed by atoms with Crippen molar-refractivity contribution in [2.24, 2.45) is 0 Å². The second-order valence-electron chi connectivity index (χ2n) is 6.00. The molecule has 12 heteroatoms. The number of nitrogens with one attached hydrogen (secondary N) is 2. The number of aromatic nitrogens is 3. The van der Waals surface area contributed by atoms with E-state index in [1.165, 1.54) is 6.07 Å². The van der Waals surface area contributed by atoms with Gasteiger partial charge in [0.05, 0.1) is 18.0 Å². The van der Waals surface area contributed by atoms with Crippen LogP contribution >= 0.6 is 0 Å². The highest BCUT2D eigenvalue weighted by molar-refractivity contribution is 5.87. The lowest BCUT2D eigenvalue weighted by Gasteiger charge is -2.19. The maximum Gasteiger partial charge on any atom is 0.422 e. The molecule has 2 aromatic rings. The Morgan fingerprint density at radius 3 is 2.43 bits per heavy atom. The zero-order valence-corrected chi connectivity index (χ0v) is 14.1. The van der Waals surface area contributed by atoms with Gasteiger partial charge in [0.25, 0.3) is 0 Å². The van der Waals surface area contributed by atoms with E-state index in [4.69, 9.17) is 10.8 Å². The molecule has 1 aliphatic rings. The molecule has 3 rings (SSSR count). The van der Waals surface area contributed by atoms with Crippen LogP contribution in [-0.2, 0) is 4.74 Å². The number of nitrogens with zero attached hydrogens (tertiary/aromatic N) is 3. The first kappa shape index (κ1) is 19.9. The number of pyridine rings is 1. The van der Waals surface area contributed by atoms with E-state index in [0.29, 0.717) is 17.4 Å². The van der Waals surface area contributed by atoms with Gasteiger partial charge in [-0.15, -0.1) is 0 Å². The normalized spacial score (nSPS) is 14.8. The molecule has 2 aromatic heterocycles. The van der Waals surface area contributed by atoms with Crippen LogP contribution in [0, 0.1) is 10.8 Å². The molecule has 0 aromatic carbocycles. The summed E-state index contributed by atoms with van der Waals surface area (Å²) in [5, 5.41) is 15.4. The number of hydrogen-bond acceptors (Lipinski definition) is 6. The van der Waals surface area contributed by atoms with E-state index in [0.717, 1.165) is 24.7 Å². The topological polar surface area (TPSA) is 96.9 Å². The van der Waals surface area contributed by atoms with E-state index in [2.05, 4.69) is 19.4 Å². The summed E-state index contributed by atoms with van der Waals surface area (Å²) in [5.74, 6) is -1.52. The summed E-state index contributed by atoms with van der Waals surface area (Å²) < 4.78 is 74.2. The highest BCUT2D eigenvalue weighted by atomic mass is 19.4. The van der Waals surface area contributed by atoms with Crippen molar-refractivity contribution in [3.63, 3.8) is 0 Å². The minimum absolute atomic E-state index is 0.0813. The molecule has 0 bridgehead atoms. The number of alkyl halides is 5. The van der Waals surface area contributed by atoms with Gasteiger partial charge in [-0.25, -0.2) is 4.98 Å². The SMILES string of the molecule is N=C(n1cc(-c2ccc(OCC(F)(F)F)nc2)ncc1=N)C(F)(F)OC1CC1. The molecule has 0 saturated heterocycles. The molecule has 2 N–H and O–H groups in total. The van der Waals surface area contributed by atoms with Crippen LogP contribution < -0.4 is 10.2 Å². The van der Waals surface area contributed by atoms with Crippen molar-refractivity contribution in [2.45, 2.75) is 31.2 Å². The van der Waals surface area contributed by atoms with Crippen LogP contribution in [0.25, 0.3) is 11.3 Å². The lowest BCUT2D eigenvalue weighted by atomic mass is 10.2. The molecule has 0 spiro atoms. The van der Waals surface area contributed by atoms with Gasteiger partial charge in [-0.3, -0.25) is 20.4 Å². The number of hydrogen-bond donors (Lipinski definition) is 2. The van der Waals surface area contributed by atoms with Crippen molar-refractivity contribution in [2.75, 3.05) is 6.61 Å². The van der Waals surface area contributed by atoms with E-state index in [-0.39, 0.29) is 17.1 Å². The fourth-order valence-corrected chi connectivity index (χ4v) is 2.12. The van der Waals surface area contributed by atoms with Crippen LogP contribution in [0.2, 0.25) is 0 Å². The molecule has 1 saturated carbocycles. The third-order valence-corrected chi connectivity index (χ3v) is 3.61. The molecular weight excluding hydrogens is 389 g/mol. The molecule has 0 atom stereocenters. The van der Waals surface area contributed by atoms with Gasteiger partial charge in [-0.05, 0) is 18.9 Å². The summed E-state index contributed by atoms with van der Waals surface area (Å²) in [7, 11) is 0. The Labute approximate surface area is 154 Å². The summed E-state index contributed by atoms with van der Waals surface area (Å²) in [6.45, 7) is -1.50. The third kappa shape index (κ3) is 4.88. The zero-order chi connectivity index (χ0) is 20.5. The highest BCUT2D eigenvalue weighted by Crippen LogP contribution is 2.31. The third-order valence-electron chi connectivity index (χ3n) is 3.61. The molecule has 2 heterocycles. The molecular formula is C16H14F5N5O2. The standard InChI is InChI=1S/C16H14F5N5O2/c17-15(18,19)8-27-13-4-1-9(5-25-13)11-7-26(12(22)6-24-11)14(23)16(20,21)28-10-2-3-10/h1,4-7,10,22-23H,2-3,8H2. The van der Waals surface area contributed by atoms with Crippen molar-refractivity contribution < 1.29 is 31.4 Å². The molecule has 28 heavy (non-hydrogen) atoms. The van der Waals surface area contributed by atoms with Crippen LogP contribution in [0.15, 0.2) is 30.7 Å². The van der Waals surface area contributed by atoms with E-state index in [1.807, 2.05) is 0 Å². The van der Waals surface area contributed by atoms with Crippen molar-refractivity contribution in [1.29, 1.82) is 10.8 Å². The van der Waals surface area contributed by atoms with Gasteiger partial charge < -0.3 is 9.47 Å². The maximum absolute atomic E-state index is 14.0. The van der Waals surface area contributed by atoms with Gasteiger partial charge in [-0.1, -0.05) is 0 Å². The lowest BCUT2D eigenvalue weighted by molar-refractivity contribution is -0.193. The number of ether oxygens (including phenoxy) is 2. The fraction of sp³-hybridized carbons (Fsp3) is 0.375. The first-order valence-electron chi connectivity index (χ1n) is 7.99. The second-order valence-corrected chi connectivity index (χ2v) is 6.00. The molecule has 1 fully saturated rings. The summed E-state index contributed by atoms with van der Waals surface area (Å²) >= 11 is 0. The Morgan fingerprint density at radius 1 is 1.14 bits per heavy atom. The van der Waals surface area contributed by atoms with Crippen molar-refractivity contribution in [1.82, 2.24) is 14.5 Å². The first-order chi connectivity index (χ1) is 13.0. The van der Waals surface area contributed by atoms with Crippen LogP contribution in [0.4, 0.5) is 22.0 Å². The van der Waals surface area contributed by atoms with Gasteiger partial charge in [0, 0.05) is 24.0 Å². The van der Waals surface area contributed by atoms with Crippen molar-refractivity contribution in [3.05, 3.63) is 36.2 Å². The lowest BCUT2D eigenvalue weighted by Crippen LogP contribution is -2.42. The molecule has 0 amide bonds. The van der Waals surface area contributed by atoms with Gasteiger partial charge in [0.1, 0.15) is 5.49 Å². The first-order valence-corrected chi connectivity index (χ1v) is 7.99. The number of halogens is 5. The predicted octanol–water partition coefficient (Wildman–Crippen LogP) is 2.96. The largest absolute Gasteiger partial charge is 0.468 e. The Hall–Kier alpha value is -2.89. The molecule has 0 radical (unpaired) electrons. The zero-order valence-electron chi connectivity index (χ0n) is 14.1. The van der Waals surface area contributed by atoms with Crippen LogP contribution in [-0.4, -0.2) is 45.4 Å². The van der Waals surface area contributed by atoms with E-state index in [1.54, 1.807) is 0 Å².